The zero-order valence-corrected chi connectivity index (χ0v) is 24.7. The highest BCUT2D eigenvalue weighted by molar-refractivity contribution is 6.37. The molecule has 6 atom stereocenters. The maximum atomic E-state index is 12.0. The first-order valence-corrected chi connectivity index (χ1v) is 13.7. The van der Waals surface area contributed by atoms with Gasteiger partial charge >= 0.3 is 7.32 Å². The van der Waals surface area contributed by atoms with Gasteiger partial charge in [0.2, 0.25) is 0 Å². The Morgan fingerprint density at radius 2 is 0.784 bits per heavy atom. The Morgan fingerprint density at radius 3 is 0.973 bits per heavy atom. The van der Waals surface area contributed by atoms with E-state index in [-0.39, 0.29) is 17.8 Å². The van der Waals surface area contributed by atoms with Crippen molar-refractivity contribution in [3.63, 3.8) is 0 Å². The van der Waals surface area contributed by atoms with E-state index in [9.17, 15) is 14.4 Å². The van der Waals surface area contributed by atoms with E-state index in [4.69, 9.17) is 14.0 Å². The van der Waals surface area contributed by atoms with Crippen LogP contribution in [-0.4, -0.2) is 44.5 Å². The highest BCUT2D eigenvalue weighted by Gasteiger charge is 2.36. The smallest absolute Gasteiger partial charge is 0.376 e. The van der Waals surface area contributed by atoms with Crippen LogP contribution in [0.25, 0.3) is 0 Å². The van der Waals surface area contributed by atoms with E-state index in [2.05, 4.69) is 18.2 Å². The second kappa shape index (κ2) is 20.2. The molecule has 210 valence electrons. The molecule has 6 nitrogen and oxygen atoms in total. The van der Waals surface area contributed by atoms with Gasteiger partial charge in [-0.25, -0.2) is 0 Å². The number of hydrogen-bond donors (Lipinski definition) is 0. The molecule has 0 spiro atoms. The first-order valence-electron chi connectivity index (χ1n) is 13.7. The van der Waals surface area contributed by atoms with E-state index < -0.39 is 25.6 Å². The van der Waals surface area contributed by atoms with E-state index in [1.807, 2.05) is 62.3 Å². The molecule has 0 aliphatic rings. The molecule has 7 heteroatoms. The summed E-state index contributed by atoms with van der Waals surface area (Å²) < 4.78 is 18.0. The molecule has 0 aromatic carbocycles. The number of carbonyl (C=O) groups is 3. The number of allylic oxidation sites excluding steroid dienone is 6. The van der Waals surface area contributed by atoms with Crippen molar-refractivity contribution in [2.24, 2.45) is 17.8 Å². The maximum absolute atomic E-state index is 12.0. The summed E-state index contributed by atoms with van der Waals surface area (Å²) in [5.41, 5.74) is 3.64. The highest BCUT2D eigenvalue weighted by Crippen LogP contribution is 2.22. The summed E-state index contributed by atoms with van der Waals surface area (Å²) in [6, 6.07) is 0. The topological polar surface area (TPSA) is 78.9 Å². The van der Waals surface area contributed by atoms with Crippen LogP contribution in [0.1, 0.15) is 101 Å². The maximum Gasteiger partial charge on any atom is 0.641 e. The first kappa shape index (κ1) is 35.2. The molecule has 0 radical (unpaired) electrons. The minimum atomic E-state index is -1.32. The predicted molar refractivity (Wildman–Crippen MR) is 152 cm³/mol. The standard InChI is InChI=1S/C30H51BO6/c1-22(2)13-10-16-25(7)28(19-32)35-31(36-29(20-33)26(8)17-11-14-23(3)4)37-30(21-34)27(9)18-12-15-24(5)6/h13-15,19-21,25-30H,10-12,16-18H2,1-9H3. The van der Waals surface area contributed by atoms with Crippen molar-refractivity contribution in [2.75, 3.05) is 0 Å². The fourth-order valence-corrected chi connectivity index (χ4v) is 3.78. The number of rotatable bonds is 21. The van der Waals surface area contributed by atoms with Gasteiger partial charge in [0, 0.05) is 0 Å². The Kier molecular flexibility index (Phi) is 19.2. The summed E-state index contributed by atoms with van der Waals surface area (Å²) in [5.74, 6) is -0.299. The molecule has 0 aliphatic carbocycles. The van der Waals surface area contributed by atoms with Gasteiger partial charge in [-0.2, -0.15) is 0 Å². The molecule has 0 N–H and O–H groups in total. The summed E-state index contributed by atoms with van der Waals surface area (Å²) >= 11 is 0. The molecule has 37 heavy (non-hydrogen) atoms. The summed E-state index contributed by atoms with van der Waals surface area (Å²) in [5, 5.41) is 0. The van der Waals surface area contributed by atoms with E-state index in [0.717, 1.165) is 57.4 Å². The molecule has 0 aromatic rings. The quantitative estimate of drug-likeness (QED) is 0.0937. The SMILES string of the molecule is CC(C)=CCCC(C)C(C=O)OB(OC(C=O)C(C)CCC=C(C)C)OC(C=O)C(C)CCC=C(C)C. The Morgan fingerprint density at radius 1 is 0.541 bits per heavy atom. The largest absolute Gasteiger partial charge is 0.641 e. The van der Waals surface area contributed by atoms with Crippen LogP contribution in [-0.2, 0) is 28.3 Å². The van der Waals surface area contributed by atoms with Crippen molar-refractivity contribution in [1.29, 1.82) is 0 Å². The number of aldehydes is 3. The lowest BCUT2D eigenvalue weighted by molar-refractivity contribution is -0.125. The second-order valence-corrected chi connectivity index (χ2v) is 11.0. The first-order chi connectivity index (χ1) is 17.4. The molecule has 0 saturated heterocycles. The Balaban J connectivity index is 5.65. The lowest BCUT2D eigenvalue weighted by Crippen LogP contribution is -2.44. The van der Waals surface area contributed by atoms with Crippen LogP contribution in [0.2, 0.25) is 0 Å². The zero-order valence-electron chi connectivity index (χ0n) is 24.7. The van der Waals surface area contributed by atoms with Gasteiger partial charge in [-0.05, 0) is 97.8 Å². The fourth-order valence-electron chi connectivity index (χ4n) is 3.78. The van der Waals surface area contributed by atoms with E-state index in [0.29, 0.717) is 0 Å². The molecule has 6 unspecified atom stereocenters. The Bertz CT molecular complexity index is 647. The molecular weight excluding hydrogens is 467 g/mol. The fraction of sp³-hybridized carbons (Fsp3) is 0.700. The molecule has 0 saturated carbocycles. The molecule has 0 heterocycles. The second-order valence-electron chi connectivity index (χ2n) is 11.0. The van der Waals surface area contributed by atoms with Gasteiger partial charge in [-0.1, -0.05) is 55.7 Å². The molecule has 0 fully saturated rings. The Labute approximate surface area is 226 Å². The van der Waals surface area contributed by atoms with Gasteiger partial charge < -0.3 is 28.3 Å². The Hall–Kier alpha value is -1.83. The van der Waals surface area contributed by atoms with Crippen LogP contribution < -0.4 is 0 Å². The van der Waals surface area contributed by atoms with Crippen LogP contribution in [0.15, 0.2) is 34.9 Å². The van der Waals surface area contributed by atoms with Crippen molar-refractivity contribution < 1.29 is 28.3 Å². The third-order valence-corrected chi connectivity index (χ3v) is 6.41. The third-order valence-electron chi connectivity index (χ3n) is 6.41. The van der Waals surface area contributed by atoms with Gasteiger partial charge in [0.1, 0.15) is 37.2 Å². The summed E-state index contributed by atoms with van der Waals surface area (Å²) in [6.45, 7) is 18.0. The number of carbonyl (C=O) groups excluding carboxylic acids is 3. The van der Waals surface area contributed by atoms with Gasteiger partial charge in [-0.15, -0.1) is 0 Å². The van der Waals surface area contributed by atoms with Gasteiger partial charge in [-0.3, -0.25) is 0 Å². The van der Waals surface area contributed by atoms with Crippen LogP contribution in [0.4, 0.5) is 0 Å². The van der Waals surface area contributed by atoms with Crippen molar-refractivity contribution >= 4 is 26.2 Å². The monoisotopic (exact) mass is 518 g/mol. The molecule has 0 aliphatic heterocycles. The van der Waals surface area contributed by atoms with Crippen molar-refractivity contribution in [2.45, 2.75) is 119 Å². The number of hydrogen-bond acceptors (Lipinski definition) is 6. The van der Waals surface area contributed by atoms with Gasteiger partial charge in [0.15, 0.2) is 0 Å². The average Bonchev–Trinajstić information content (AvgIpc) is 2.82. The van der Waals surface area contributed by atoms with Crippen molar-refractivity contribution in [3.05, 3.63) is 34.9 Å². The lowest BCUT2D eigenvalue weighted by atomic mass is 9.95. The molecule has 0 bridgehead atoms. The minimum absolute atomic E-state index is 0.0997. The summed E-state index contributed by atoms with van der Waals surface area (Å²) in [7, 11) is -1.32. The van der Waals surface area contributed by atoms with Crippen LogP contribution in [0.3, 0.4) is 0 Å². The molecule has 0 aromatic heterocycles. The molecule has 0 rings (SSSR count). The lowest BCUT2D eigenvalue weighted by Gasteiger charge is -2.29. The van der Waals surface area contributed by atoms with Gasteiger partial charge in [0.25, 0.3) is 0 Å². The van der Waals surface area contributed by atoms with E-state index >= 15 is 0 Å². The average molecular weight is 519 g/mol. The third kappa shape index (κ3) is 16.6. The predicted octanol–water partition coefficient (Wildman–Crippen LogP) is 6.87. The van der Waals surface area contributed by atoms with Crippen molar-refractivity contribution in [3.8, 4) is 0 Å². The van der Waals surface area contributed by atoms with E-state index in [1.165, 1.54) is 16.7 Å². The van der Waals surface area contributed by atoms with Crippen molar-refractivity contribution in [1.82, 2.24) is 0 Å². The molecule has 0 amide bonds. The molecular formula is C30H51BO6. The van der Waals surface area contributed by atoms with Crippen LogP contribution >= 0.6 is 0 Å². The van der Waals surface area contributed by atoms with E-state index in [1.54, 1.807) is 0 Å². The summed E-state index contributed by atoms with van der Waals surface area (Å²) in [6.07, 6.45) is 10.9. The minimum Gasteiger partial charge on any atom is -0.376 e. The summed E-state index contributed by atoms with van der Waals surface area (Å²) in [4.78, 5) is 35.9. The van der Waals surface area contributed by atoms with Gasteiger partial charge in [0.05, 0.1) is 0 Å². The van der Waals surface area contributed by atoms with Crippen LogP contribution in [0.5, 0.6) is 0 Å². The highest BCUT2D eigenvalue weighted by atomic mass is 16.7. The van der Waals surface area contributed by atoms with Crippen LogP contribution in [0, 0.1) is 17.8 Å². The normalized spacial score (nSPS) is 15.8. The zero-order chi connectivity index (χ0) is 28.4.